The molecule has 20 heavy (non-hydrogen) atoms. The molecule has 1 aromatic rings. The number of likely N-dealkylation sites (N-methyl/N-ethyl adjacent to an activating group) is 1. The third-order valence-electron chi connectivity index (χ3n) is 3.70. The van der Waals surface area contributed by atoms with E-state index in [1.54, 1.807) is 0 Å². The molecule has 3 heteroatoms. The van der Waals surface area contributed by atoms with Gasteiger partial charge in [0.05, 0.1) is 0 Å². The standard InChI is InChI=1S/C17H26N2O/c1-17(2,3)13-14-6-5-7-15(12-14)16(20)19-10-8-18(4)9-11-19/h5-7,12H,8-11,13H2,1-4H3. The van der Waals surface area contributed by atoms with Crippen molar-refractivity contribution in [1.29, 1.82) is 0 Å². The van der Waals surface area contributed by atoms with Crippen LogP contribution in [0, 0.1) is 5.41 Å². The van der Waals surface area contributed by atoms with E-state index in [9.17, 15) is 4.79 Å². The van der Waals surface area contributed by atoms with Gasteiger partial charge in [-0.25, -0.2) is 0 Å². The Hall–Kier alpha value is -1.35. The average Bonchev–Trinajstić information content (AvgIpc) is 2.37. The van der Waals surface area contributed by atoms with Crippen LogP contribution in [0.25, 0.3) is 0 Å². The van der Waals surface area contributed by atoms with Crippen LogP contribution in [-0.2, 0) is 6.42 Å². The van der Waals surface area contributed by atoms with Gasteiger partial charge in [0, 0.05) is 31.7 Å². The molecule has 1 aromatic carbocycles. The first-order chi connectivity index (χ1) is 9.35. The summed E-state index contributed by atoms with van der Waals surface area (Å²) in [5.74, 6) is 0.175. The minimum absolute atomic E-state index is 0.175. The zero-order chi connectivity index (χ0) is 14.8. The number of carbonyl (C=O) groups is 1. The van der Waals surface area contributed by atoms with Crippen molar-refractivity contribution in [3.63, 3.8) is 0 Å². The summed E-state index contributed by atoms with van der Waals surface area (Å²) in [6.45, 7) is 10.3. The Balaban J connectivity index is 2.08. The lowest BCUT2D eigenvalue weighted by Gasteiger charge is -2.32. The van der Waals surface area contributed by atoms with E-state index in [0.717, 1.165) is 38.2 Å². The van der Waals surface area contributed by atoms with Crippen LogP contribution < -0.4 is 0 Å². The van der Waals surface area contributed by atoms with Gasteiger partial charge in [0.25, 0.3) is 5.91 Å². The second-order valence-corrected chi connectivity index (χ2v) is 7.03. The van der Waals surface area contributed by atoms with Crippen LogP contribution >= 0.6 is 0 Å². The average molecular weight is 274 g/mol. The number of benzene rings is 1. The molecule has 0 N–H and O–H groups in total. The summed E-state index contributed by atoms with van der Waals surface area (Å²) >= 11 is 0. The molecule has 1 amide bonds. The van der Waals surface area contributed by atoms with Crippen molar-refractivity contribution < 1.29 is 4.79 Å². The number of carbonyl (C=O) groups excluding carboxylic acids is 1. The highest BCUT2D eigenvalue weighted by Gasteiger charge is 2.21. The predicted molar refractivity (Wildman–Crippen MR) is 83.0 cm³/mol. The molecule has 1 saturated heterocycles. The van der Waals surface area contributed by atoms with E-state index < -0.39 is 0 Å². The van der Waals surface area contributed by atoms with Gasteiger partial charge >= 0.3 is 0 Å². The Morgan fingerprint density at radius 2 is 1.80 bits per heavy atom. The maximum Gasteiger partial charge on any atom is 0.253 e. The molecule has 1 aliphatic rings. The minimum atomic E-state index is 0.175. The van der Waals surface area contributed by atoms with Crippen LogP contribution in [-0.4, -0.2) is 48.9 Å². The molecule has 1 heterocycles. The normalized spacial score (nSPS) is 17.3. The summed E-state index contributed by atoms with van der Waals surface area (Å²) in [4.78, 5) is 16.8. The number of piperazine rings is 1. The molecule has 0 saturated carbocycles. The molecule has 0 radical (unpaired) electrons. The molecule has 3 nitrogen and oxygen atoms in total. The van der Waals surface area contributed by atoms with Crippen LogP contribution in [0.1, 0.15) is 36.7 Å². The summed E-state index contributed by atoms with van der Waals surface area (Å²) in [5, 5.41) is 0. The van der Waals surface area contributed by atoms with Crippen LogP contribution in [0.5, 0.6) is 0 Å². The molecule has 0 aromatic heterocycles. The van der Waals surface area contributed by atoms with E-state index in [1.807, 2.05) is 17.0 Å². The monoisotopic (exact) mass is 274 g/mol. The van der Waals surface area contributed by atoms with Gasteiger partial charge in [-0.15, -0.1) is 0 Å². The Bertz CT molecular complexity index is 468. The van der Waals surface area contributed by atoms with Crippen molar-refractivity contribution >= 4 is 5.91 Å². The molecule has 1 aliphatic heterocycles. The van der Waals surface area contributed by atoms with E-state index in [0.29, 0.717) is 0 Å². The topological polar surface area (TPSA) is 23.6 Å². The molecule has 0 spiro atoms. The summed E-state index contributed by atoms with van der Waals surface area (Å²) in [6, 6.07) is 8.12. The van der Waals surface area contributed by atoms with Crippen molar-refractivity contribution in [3.05, 3.63) is 35.4 Å². The number of amides is 1. The molecule has 2 rings (SSSR count). The predicted octanol–water partition coefficient (Wildman–Crippen LogP) is 2.66. The van der Waals surface area contributed by atoms with Crippen LogP contribution in [0.2, 0.25) is 0 Å². The zero-order valence-electron chi connectivity index (χ0n) is 13.1. The Morgan fingerprint density at radius 3 is 2.40 bits per heavy atom. The fourth-order valence-electron chi connectivity index (χ4n) is 2.62. The maximum atomic E-state index is 12.5. The Morgan fingerprint density at radius 1 is 1.15 bits per heavy atom. The summed E-state index contributed by atoms with van der Waals surface area (Å²) < 4.78 is 0. The van der Waals surface area contributed by atoms with Crippen LogP contribution in [0.4, 0.5) is 0 Å². The fourth-order valence-corrected chi connectivity index (χ4v) is 2.62. The molecule has 0 atom stereocenters. The number of hydrogen-bond acceptors (Lipinski definition) is 2. The molecular weight excluding hydrogens is 248 g/mol. The lowest BCUT2D eigenvalue weighted by Crippen LogP contribution is -2.47. The number of hydrogen-bond donors (Lipinski definition) is 0. The van der Waals surface area contributed by atoms with Crippen molar-refractivity contribution in [2.45, 2.75) is 27.2 Å². The van der Waals surface area contributed by atoms with Crippen molar-refractivity contribution in [2.75, 3.05) is 33.2 Å². The van der Waals surface area contributed by atoms with Gasteiger partial charge in [-0.3, -0.25) is 4.79 Å². The first-order valence-corrected chi connectivity index (χ1v) is 7.42. The van der Waals surface area contributed by atoms with E-state index in [4.69, 9.17) is 0 Å². The Kier molecular flexibility index (Phi) is 4.48. The zero-order valence-corrected chi connectivity index (χ0v) is 13.1. The summed E-state index contributed by atoms with van der Waals surface area (Å²) in [7, 11) is 2.10. The maximum absolute atomic E-state index is 12.5. The lowest BCUT2D eigenvalue weighted by molar-refractivity contribution is 0.0664. The van der Waals surface area contributed by atoms with E-state index in [1.165, 1.54) is 5.56 Å². The molecule has 0 bridgehead atoms. The highest BCUT2D eigenvalue weighted by Crippen LogP contribution is 2.21. The Labute approximate surface area is 122 Å². The molecule has 110 valence electrons. The van der Waals surface area contributed by atoms with Gasteiger partial charge in [0.2, 0.25) is 0 Å². The van der Waals surface area contributed by atoms with Gasteiger partial charge in [0.15, 0.2) is 0 Å². The minimum Gasteiger partial charge on any atom is -0.336 e. The summed E-state index contributed by atoms with van der Waals surface area (Å²) in [6.07, 6.45) is 0.997. The van der Waals surface area contributed by atoms with Gasteiger partial charge in [0.1, 0.15) is 0 Å². The van der Waals surface area contributed by atoms with Crippen LogP contribution in [0.3, 0.4) is 0 Å². The highest BCUT2D eigenvalue weighted by molar-refractivity contribution is 5.94. The van der Waals surface area contributed by atoms with E-state index in [-0.39, 0.29) is 11.3 Å². The highest BCUT2D eigenvalue weighted by atomic mass is 16.2. The van der Waals surface area contributed by atoms with Crippen molar-refractivity contribution in [1.82, 2.24) is 9.80 Å². The van der Waals surface area contributed by atoms with Gasteiger partial charge in [-0.1, -0.05) is 32.9 Å². The van der Waals surface area contributed by atoms with E-state index >= 15 is 0 Å². The number of rotatable bonds is 2. The van der Waals surface area contributed by atoms with Gasteiger partial charge in [-0.05, 0) is 36.6 Å². The van der Waals surface area contributed by atoms with Gasteiger partial charge in [-0.2, -0.15) is 0 Å². The lowest BCUT2D eigenvalue weighted by atomic mass is 9.87. The van der Waals surface area contributed by atoms with Crippen molar-refractivity contribution in [2.24, 2.45) is 5.41 Å². The molecule has 0 unspecified atom stereocenters. The van der Waals surface area contributed by atoms with E-state index in [2.05, 4.69) is 44.9 Å². The third-order valence-corrected chi connectivity index (χ3v) is 3.70. The quantitative estimate of drug-likeness (QED) is 0.828. The first-order valence-electron chi connectivity index (χ1n) is 7.42. The van der Waals surface area contributed by atoms with Gasteiger partial charge < -0.3 is 9.80 Å². The third kappa shape index (κ3) is 4.07. The SMILES string of the molecule is CN1CCN(C(=O)c2cccc(CC(C)(C)C)c2)CC1. The number of nitrogens with zero attached hydrogens (tertiary/aromatic N) is 2. The molecular formula is C17H26N2O. The second kappa shape index (κ2) is 5.96. The van der Waals surface area contributed by atoms with Crippen molar-refractivity contribution in [3.8, 4) is 0 Å². The second-order valence-electron chi connectivity index (χ2n) is 7.03. The summed E-state index contributed by atoms with van der Waals surface area (Å²) in [5.41, 5.74) is 2.32. The fraction of sp³-hybridized carbons (Fsp3) is 0.588. The first kappa shape index (κ1) is 15.0. The van der Waals surface area contributed by atoms with Crippen LogP contribution in [0.15, 0.2) is 24.3 Å². The molecule has 1 fully saturated rings. The largest absolute Gasteiger partial charge is 0.336 e. The molecule has 0 aliphatic carbocycles. The smallest absolute Gasteiger partial charge is 0.253 e.